The molecule has 0 bridgehead atoms. The first kappa shape index (κ1) is 15.4. The molecule has 0 unspecified atom stereocenters. The summed E-state index contributed by atoms with van der Waals surface area (Å²) >= 11 is 0. The van der Waals surface area contributed by atoms with Gasteiger partial charge in [-0.05, 0) is 27.2 Å². The van der Waals surface area contributed by atoms with Gasteiger partial charge in [0.1, 0.15) is 0 Å². The second-order valence-corrected chi connectivity index (χ2v) is 5.06. The number of unbranched alkanes of at least 4 members (excludes halogenated alkanes) is 1. The van der Waals surface area contributed by atoms with E-state index in [1.165, 1.54) is 0 Å². The summed E-state index contributed by atoms with van der Waals surface area (Å²) in [5.74, 6) is 0.0671. The number of aliphatic hydroxyl groups is 1. The average molecular weight is 230 g/mol. The molecule has 0 spiro atoms. The third-order valence-electron chi connectivity index (χ3n) is 2.27. The summed E-state index contributed by atoms with van der Waals surface area (Å²) in [6.07, 6.45) is 2.04. The lowest BCUT2D eigenvalue weighted by Gasteiger charge is -2.25. The number of rotatable bonds is 7. The van der Waals surface area contributed by atoms with Gasteiger partial charge in [-0.25, -0.2) is 0 Å². The Hall–Kier alpha value is -0.610. The molecule has 4 heteroatoms. The van der Waals surface area contributed by atoms with Crippen molar-refractivity contribution in [1.82, 2.24) is 10.2 Å². The Morgan fingerprint density at radius 3 is 2.38 bits per heavy atom. The molecule has 0 aromatic carbocycles. The van der Waals surface area contributed by atoms with Crippen LogP contribution >= 0.6 is 0 Å². The molecule has 0 aliphatic carbocycles. The first-order valence-corrected chi connectivity index (χ1v) is 6.04. The van der Waals surface area contributed by atoms with Gasteiger partial charge in [0, 0.05) is 18.6 Å². The fraction of sp³-hybridized carbons (Fsp3) is 0.917. The van der Waals surface area contributed by atoms with E-state index in [4.69, 9.17) is 5.11 Å². The number of aliphatic hydroxyl groups excluding tert-OH is 1. The van der Waals surface area contributed by atoms with Crippen LogP contribution in [0.4, 0.5) is 0 Å². The van der Waals surface area contributed by atoms with E-state index in [1.54, 1.807) is 4.90 Å². The summed E-state index contributed by atoms with van der Waals surface area (Å²) in [6.45, 7) is 9.73. The molecule has 1 amide bonds. The van der Waals surface area contributed by atoms with Crippen molar-refractivity contribution in [1.29, 1.82) is 0 Å². The van der Waals surface area contributed by atoms with E-state index in [0.717, 1.165) is 19.4 Å². The number of nitrogens with zero attached hydrogens (tertiary/aromatic N) is 1. The van der Waals surface area contributed by atoms with Crippen LogP contribution in [-0.4, -0.2) is 47.7 Å². The van der Waals surface area contributed by atoms with E-state index in [-0.39, 0.29) is 18.1 Å². The summed E-state index contributed by atoms with van der Waals surface area (Å²) in [7, 11) is 0. The quantitative estimate of drug-likeness (QED) is 0.686. The first-order valence-electron chi connectivity index (χ1n) is 6.04. The Morgan fingerprint density at radius 1 is 1.31 bits per heavy atom. The second-order valence-electron chi connectivity index (χ2n) is 5.06. The van der Waals surface area contributed by atoms with Crippen LogP contribution in [-0.2, 0) is 4.79 Å². The third kappa shape index (κ3) is 7.65. The monoisotopic (exact) mass is 230 g/mol. The Labute approximate surface area is 99.0 Å². The minimum Gasteiger partial charge on any atom is -0.395 e. The lowest BCUT2D eigenvalue weighted by molar-refractivity contribution is -0.131. The van der Waals surface area contributed by atoms with Crippen LogP contribution in [0.2, 0.25) is 0 Å². The summed E-state index contributed by atoms with van der Waals surface area (Å²) < 4.78 is 0. The number of carbonyl (C=O) groups excluding carboxylic acids is 1. The van der Waals surface area contributed by atoms with E-state index in [1.807, 2.05) is 20.8 Å². The summed E-state index contributed by atoms with van der Waals surface area (Å²) in [5.41, 5.74) is -0.0503. The van der Waals surface area contributed by atoms with Crippen molar-refractivity contribution < 1.29 is 9.90 Å². The van der Waals surface area contributed by atoms with E-state index < -0.39 is 0 Å². The van der Waals surface area contributed by atoms with Crippen molar-refractivity contribution in [2.75, 3.05) is 26.2 Å². The second kappa shape index (κ2) is 7.63. The molecule has 0 aliphatic heterocycles. The van der Waals surface area contributed by atoms with Crippen molar-refractivity contribution >= 4 is 5.91 Å². The standard InChI is InChI=1S/C12H26N2O2/c1-5-6-7-14(8-9-15)11(16)10-13-12(2,3)4/h13,15H,5-10H2,1-4H3. The molecular formula is C12H26N2O2. The fourth-order valence-corrected chi connectivity index (χ4v) is 1.28. The molecule has 0 aromatic rings. The predicted octanol–water partition coefficient (Wildman–Crippen LogP) is 0.995. The highest BCUT2D eigenvalue weighted by Crippen LogP contribution is 2.00. The molecule has 0 saturated carbocycles. The Kier molecular flexibility index (Phi) is 7.34. The number of amides is 1. The van der Waals surface area contributed by atoms with Crippen LogP contribution in [0.25, 0.3) is 0 Å². The molecule has 4 nitrogen and oxygen atoms in total. The molecule has 96 valence electrons. The lowest BCUT2D eigenvalue weighted by atomic mass is 10.1. The number of hydrogen-bond acceptors (Lipinski definition) is 3. The maximum absolute atomic E-state index is 11.8. The van der Waals surface area contributed by atoms with Crippen LogP contribution in [0, 0.1) is 0 Å². The van der Waals surface area contributed by atoms with Crippen LogP contribution in [0.5, 0.6) is 0 Å². The molecule has 0 aromatic heterocycles. The van der Waals surface area contributed by atoms with E-state index in [9.17, 15) is 4.79 Å². The minimum absolute atomic E-state index is 0.0327. The maximum atomic E-state index is 11.8. The molecule has 0 fully saturated rings. The van der Waals surface area contributed by atoms with Crippen LogP contribution in [0.3, 0.4) is 0 Å². The summed E-state index contributed by atoms with van der Waals surface area (Å²) in [5, 5.41) is 12.1. The molecule has 0 rings (SSSR count). The molecule has 0 saturated heterocycles. The Morgan fingerprint density at radius 2 is 1.94 bits per heavy atom. The van der Waals surface area contributed by atoms with Crippen molar-refractivity contribution in [3.8, 4) is 0 Å². The van der Waals surface area contributed by atoms with Crippen LogP contribution in [0.15, 0.2) is 0 Å². The molecular weight excluding hydrogens is 204 g/mol. The highest BCUT2D eigenvalue weighted by atomic mass is 16.3. The van der Waals surface area contributed by atoms with Gasteiger partial charge in [0.15, 0.2) is 0 Å². The van der Waals surface area contributed by atoms with E-state index >= 15 is 0 Å². The van der Waals surface area contributed by atoms with Crippen LogP contribution < -0.4 is 5.32 Å². The van der Waals surface area contributed by atoms with Gasteiger partial charge >= 0.3 is 0 Å². The van der Waals surface area contributed by atoms with Gasteiger partial charge in [0.2, 0.25) is 5.91 Å². The predicted molar refractivity (Wildman–Crippen MR) is 66.3 cm³/mol. The molecule has 0 atom stereocenters. The van der Waals surface area contributed by atoms with Gasteiger partial charge in [0.05, 0.1) is 13.2 Å². The molecule has 0 radical (unpaired) electrons. The zero-order valence-corrected chi connectivity index (χ0v) is 11.0. The average Bonchev–Trinajstić information content (AvgIpc) is 2.19. The van der Waals surface area contributed by atoms with Crippen molar-refractivity contribution in [2.24, 2.45) is 0 Å². The Balaban J connectivity index is 4.05. The maximum Gasteiger partial charge on any atom is 0.236 e. The SMILES string of the molecule is CCCCN(CCO)C(=O)CNC(C)(C)C. The van der Waals surface area contributed by atoms with Gasteiger partial charge in [-0.2, -0.15) is 0 Å². The normalized spacial score (nSPS) is 11.6. The molecule has 0 aliphatic rings. The molecule has 16 heavy (non-hydrogen) atoms. The number of hydrogen-bond donors (Lipinski definition) is 2. The van der Waals surface area contributed by atoms with Crippen LogP contribution in [0.1, 0.15) is 40.5 Å². The van der Waals surface area contributed by atoms with Crippen molar-refractivity contribution in [3.05, 3.63) is 0 Å². The highest BCUT2D eigenvalue weighted by molar-refractivity contribution is 5.78. The largest absolute Gasteiger partial charge is 0.395 e. The zero-order valence-electron chi connectivity index (χ0n) is 11.0. The number of nitrogens with one attached hydrogen (secondary N) is 1. The topological polar surface area (TPSA) is 52.6 Å². The fourth-order valence-electron chi connectivity index (χ4n) is 1.28. The van der Waals surface area contributed by atoms with Gasteiger partial charge in [-0.3, -0.25) is 4.79 Å². The molecule has 2 N–H and O–H groups in total. The van der Waals surface area contributed by atoms with Gasteiger partial charge in [0.25, 0.3) is 0 Å². The molecule has 0 heterocycles. The van der Waals surface area contributed by atoms with Gasteiger partial charge < -0.3 is 15.3 Å². The third-order valence-corrected chi connectivity index (χ3v) is 2.27. The van der Waals surface area contributed by atoms with Gasteiger partial charge in [-0.15, -0.1) is 0 Å². The van der Waals surface area contributed by atoms with Gasteiger partial charge in [-0.1, -0.05) is 13.3 Å². The van der Waals surface area contributed by atoms with E-state index in [0.29, 0.717) is 13.1 Å². The van der Waals surface area contributed by atoms with E-state index in [2.05, 4.69) is 12.2 Å². The Bertz CT molecular complexity index is 200. The first-order chi connectivity index (χ1) is 7.40. The highest BCUT2D eigenvalue weighted by Gasteiger charge is 2.15. The number of carbonyl (C=O) groups is 1. The van der Waals surface area contributed by atoms with Crippen molar-refractivity contribution in [2.45, 2.75) is 46.1 Å². The minimum atomic E-state index is -0.0503. The smallest absolute Gasteiger partial charge is 0.236 e. The summed E-state index contributed by atoms with van der Waals surface area (Å²) in [4.78, 5) is 13.6. The summed E-state index contributed by atoms with van der Waals surface area (Å²) in [6, 6.07) is 0. The van der Waals surface area contributed by atoms with Crippen molar-refractivity contribution in [3.63, 3.8) is 0 Å². The zero-order chi connectivity index (χ0) is 12.6. The lowest BCUT2D eigenvalue weighted by Crippen LogP contribution is -2.45.